The number of rotatable bonds is 9. The van der Waals surface area contributed by atoms with Gasteiger partial charge in [0, 0.05) is 26.7 Å². The molecule has 160 valence electrons. The highest BCUT2D eigenvalue weighted by Gasteiger charge is 2.25. The van der Waals surface area contributed by atoms with E-state index >= 15 is 0 Å². The second-order valence-corrected chi connectivity index (χ2v) is 8.71. The number of β-amino-alcohol motifs (C(OH)–C–C–N with tert-alkyl or cyclic N) is 1. The van der Waals surface area contributed by atoms with Crippen molar-refractivity contribution < 1.29 is 32.6 Å². The highest BCUT2D eigenvalue weighted by atomic mass is 32.2. The van der Waals surface area contributed by atoms with Crippen LogP contribution in [0.1, 0.15) is 12.8 Å². The van der Waals surface area contributed by atoms with Crippen molar-refractivity contribution in [3.8, 4) is 5.75 Å². The lowest BCUT2D eigenvalue weighted by molar-refractivity contribution is -0.122. The van der Waals surface area contributed by atoms with E-state index in [0.717, 1.165) is 25.9 Å². The van der Waals surface area contributed by atoms with Crippen LogP contribution in [0, 0.1) is 11.7 Å². The van der Waals surface area contributed by atoms with Crippen molar-refractivity contribution in [1.82, 2.24) is 9.21 Å². The zero-order chi connectivity index (χ0) is 21.0. The van der Waals surface area contributed by atoms with Gasteiger partial charge in [-0.25, -0.2) is 17.1 Å². The van der Waals surface area contributed by atoms with Crippen LogP contribution in [0.3, 0.4) is 0 Å². The molecule has 1 aliphatic heterocycles. The summed E-state index contributed by atoms with van der Waals surface area (Å²) < 4.78 is 44.9. The zero-order valence-electron chi connectivity index (χ0n) is 16.0. The summed E-state index contributed by atoms with van der Waals surface area (Å²) in [7, 11) is -1.88. The van der Waals surface area contributed by atoms with Crippen molar-refractivity contribution in [2.75, 3.05) is 52.2 Å². The average Bonchev–Trinajstić information content (AvgIpc) is 2.64. The molecule has 0 saturated carbocycles. The van der Waals surface area contributed by atoms with Crippen molar-refractivity contribution >= 4 is 16.5 Å². The quantitative estimate of drug-likeness (QED) is 0.571. The van der Waals surface area contributed by atoms with Crippen molar-refractivity contribution in [1.29, 1.82) is 0 Å². The topological polar surface area (TPSA) is 107 Å². The van der Waals surface area contributed by atoms with Crippen molar-refractivity contribution in [2.24, 2.45) is 5.92 Å². The molecule has 0 radical (unpaired) electrons. The molecular weight excluding hydrogens is 391 g/mol. The molecule has 1 heterocycles. The van der Waals surface area contributed by atoms with Gasteiger partial charge in [-0.05, 0) is 37.4 Å². The molecule has 0 bridgehead atoms. The van der Waals surface area contributed by atoms with Crippen molar-refractivity contribution in [2.45, 2.75) is 12.8 Å². The summed E-state index contributed by atoms with van der Waals surface area (Å²) in [6, 6.07) is 5.94. The van der Waals surface area contributed by atoms with Gasteiger partial charge in [0.2, 0.25) is 10.0 Å². The third kappa shape index (κ3) is 8.51. The van der Waals surface area contributed by atoms with Crippen molar-refractivity contribution in [3.63, 3.8) is 0 Å². The lowest BCUT2D eigenvalue weighted by atomic mass is 9.98. The van der Waals surface area contributed by atoms with Gasteiger partial charge < -0.3 is 19.8 Å². The number of benzene rings is 1. The summed E-state index contributed by atoms with van der Waals surface area (Å²) >= 11 is 0. The summed E-state index contributed by atoms with van der Waals surface area (Å²) in [6.45, 7) is 2.60. The molecular formula is C18H29FN2O6S. The van der Waals surface area contributed by atoms with E-state index < -0.39 is 15.8 Å². The van der Waals surface area contributed by atoms with Gasteiger partial charge in [-0.15, -0.1) is 0 Å². The first-order valence-electron chi connectivity index (χ1n) is 9.06. The first-order chi connectivity index (χ1) is 13.3. The Labute approximate surface area is 165 Å². The van der Waals surface area contributed by atoms with E-state index in [1.165, 1.54) is 16.4 Å². The number of nitrogens with zero attached hydrogens (tertiary/aromatic N) is 2. The number of halogens is 1. The van der Waals surface area contributed by atoms with Gasteiger partial charge >= 0.3 is 0 Å². The summed E-state index contributed by atoms with van der Waals surface area (Å²) in [5, 5.41) is 15.9. The summed E-state index contributed by atoms with van der Waals surface area (Å²) in [5.41, 5.74) is 0. The predicted molar refractivity (Wildman–Crippen MR) is 103 cm³/mol. The van der Waals surface area contributed by atoms with E-state index in [2.05, 4.69) is 4.90 Å². The minimum atomic E-state index is -3.45. The molecule has 1 fully saturated rings. The number of hydrogen-bond donors (Lipinski definition) is 2. The summed E-state index contributed by atoms with van der Waals surface area (Å²) in [5.74, 6) is -0.371. The van der Waals surface area contributed by atoms with Gasteiger partial charge in [0.25, 0.3) is 6.47 Å². The molecule has 0 aliphatic carbocycles. The minimum Gasteiger partial charge on any atom is -0.489 e. The van der Waals surface area contributed by atoms with Crippen LogP contribution in [0.2, 0.25) is 0 Å². The van der Waals surface area contributed by atoms with Crippen LogP contribution in [0.4, 0.5) is 4.39 Å². The highest BCUT2D eigenvalue weighted by Crippen LogP contribution is 2.19. The number of carbonyl (C=O) groups is 1. The van der Waals surface area contributed by atoms with Gasteiger partial charge in [-0.3, -0.25) is 4.79 Å². The Morgan fingerprint density at radius 2 is 2.07 bits per heavy atom. The number of carboxylic acid groups (broad SMARTS) is 1. The molecule has 2 rings (SSSR count). The molecule has 1 saturated heterocycles. The van der Waals surface area contributed by atoms with Crippen LogP contribution in [0.5, 0.6) is 5.75 Å². The van der Waals surface area contributed by atoms with Gasteiger partial charge in [-0.1, -0.05) is 12.1 Å². The Morgan fingerprint density at radius 1 is 1.39 bits per heavy atom. The third-order valence-corrected chi connectivity index (χ3v) is 6.23. The number of piperidine rings is 1. The molecule has 1 aromatic carbocycles. The van der Waals surface area contributed by atoms with E-state index in [9.17, 15) is 12.8 Å². The Balaban J connectivity index is 0.00000122. The summed E-state index contributed by atoms with van der Waals surface area (Å²) in [4.78, 5) is 10.5. The molecule has 1 aliphatic rings. The number of aliphatic hydroxyl groups is 1. The molecule has 2 N–H and O–H groups in total. The maximum Gasteiger partial charge on any atom is 0.290 e. The SMILES string of the molecule is CN(CC1CCCN(CCO)C1)S(=O)(=O)CCOc1ccccc1F.O=CO. The van der Waals surface area contributed by atoms with Crippen LogP contribution < -0.4 is 4.74 Å². The summed E-state index contributed by atoms with van der Waals surface area (Å²) in [6.07, 6.45) is 1.99. The van der Waals surface area contributed by atoms with E-state index in [1.54, 1.807) is 19.2 Å². The zero-order valence-corrected chi connectivity index (χ0v) is 16.9. The van der Waals surface area contributed by atoms with E-state index in [0.29, 0.717) is 13.1 Å². The smallest absolute Gasteiger partial charge is 0.290 e. The number of hydrogen-bond acceptors (Lipinski definition) is 6. The van der Waals surface area contributed by atoms with Crippen LogP contribution >= 0.6 is 0 Å². The Bertz CT molecular complexity index is 686. The fourth-order valence-corrected chi connectivity index (χ4v) is 4.14. The molecule has 1 unspecified atom stereocenters. The van der Waals surface area contributed by atoms with Crippen LogP contribution in [0.25, 0.3) is 0 Å². The number of ether oxygens (including phenoxy) is 1. The number of aliphatic hydroxyl groups excluding tert-OH is 1. The minimum absolute atomic E-state index is 0.0623. The second-order valence-electron chi connectivity index (χ2n) is 6.51. The molecule has 0 amide bonds. The first-order valence-corrected chi connectivity index (χ1v) is 10.7. The molecule has 10 heteroatoms. The fraction of sp³-hybridized carbons (Fsp3) is 0.611. The maximum absolute atomic E-state index is 13.5. The van der Waals surface area contributed by atoms with Crippen molar-refractivity contribution in [3.05, 3.63) is 30.1 Å². The largest absolute Gasteiger partial charge is 0.489 e. The van der Waals surface area contributed by atoms with Crippen LogP contribution in [0.15, 0.2) is 24.3 Å². The molecule has 28 heavy (non-hydrogen) atoms. The lowest BCUT2D eigenvalue weighted by Crippen LogP contribution is -2.43. The van der Waals surface area contributed by atoms with Crippen LogP contribution in [-0.4, -0.2) is 86.5 Å². The first kappa shape index (κ1) is 24.3. The molecule has 1 aromatic rings. The average molecular weight is 421 g/mol. The normalized spacial score (nSPS) is 17.6. The fourth-order valence-electron chi connectivity index (χ4n) is 3.10. The van der Waals surface area contributed by atoms with E-state index in [1.807, 2.05) is 0 Å². The second kappa shape index (κ2) is 12.7. The van der Waals surface area contributed by atoms with Crippen LogP contribution in [-0.2, 0) is 14.8 Å². The molecule has 0 spiro atoms. The third-order valence-electron chi connectivity index (χ3n) is 4.45. The molecule has 1 atom stereocenters. The standard InChI is InChI=1S/C17H27FN2O4S.CH2O2/c1-19(13-15-5-4-8-20(14-15)9-10-21)25(22,23)12-11-24-17-7-3-2-6-16(17)18;2-1-3/h2-3,6-7,15,21H,4-5,8-14H2,1H3;1H,(H,2,3). The monoisotopic (exact) mass is 420 g/mol. The Kier molecular flexibility index (Phi) is 11.0. The van der Waals surface area contributed by atoms with Gasteiger partial charge in [-0.2, -0.15) is 0 Å². The van der Waals surface area contributed by atoms with Gasteiger partial charge in [0.15, 0.2) is 11.6 Å². The predicted octanol–water partition coefficient (Wildman–Crippen LogP) is 0.871. The van der Waals surface area contributed by atoms with E-state index in [-0.39, 0.29) is 37.1 Å². The molecule has 8 nitrogen and oxygen atoms in total. The number of sulfonamides is 1. The Morgan fingerprint density at radius 3 is 2.71 bits per heavy atom. The Hall–Kier alpha value is -1.75. The van der Waals surface area contributed by atoms with Gasteiger partial charge in [0.05, 0.1) is 12.4 Å². The van der Waals surface area contributed by atoms with E-state index in [4.69, 9.17) is 19.7 Å². The highest BCUT2D eigenvalue weighted by molar-refractivity contribution is 7.89. The lowest BCUT2D eigenvalue weighted by Gasteiger charge is -2.34. The number of likely N-dealkylation sites (tertiary alicyclic amines) is 1. The molecule has 0 aromatic heterocycles. The number of para-hydroxylation sites is 1. The maximum atomic E-state index is 13.5. The van der Waals surface area contributed by atoms with Gasteiger partial charge in [0.1, 0.15) is 6.61 Å².